The van der Waals surface area contributed by atoms with E-state index in [-0.39, 0.29) is 10.9 Å². The number of aliphatic hydroxyl groups excluding tert-OH is 1. The van der Waals surface area contributed by atoms with Crippen LogP contribution in [-0.2, 0) is 10.0 Å². The molecule has 0 aromatic heterocycles. The fourth-order valence-corrected chi connectivity index (χ4v) is 5.22. The predicted octanol–water partition coefficient (Wildman–Crippen LogP) is 2.37. The average molecular weight is 348 g/mol. The van der Waals surface area contributed by atoms with Gasteiger partial charge >= 0.3 is 0 Å². The van der Waals surface area contributed by atoms with Crippen LogP contribution in [0.4, 0.5) is 0 Å². The molecule has 1 aromatic carbocycles. The molecule has 6 heteroatoms. The van der Waals surface area contributed by atoms with Crippen molar-refractivity contribution in [2.75, 3.05) is 6.54 Å². The van der Waals surface area contributed by atoms with Gasteiger partial charge in [0, 0.05) is 11.0 Å². The first-order valence-electron chi connectivity index (χ1n) is 6.39. The molecular weight excluding hydrogens is 330 g/mol. The van der Waals surface area contributed by atoms with E-state index in [4.69, 9.17) is 0 Å². The fraction of sp³-hybridized carbons (Fsp3) is 0.538. The number of hydrogen-bond acceptors (Lipinski definition) is 3. The average Bonchev–Trinajstić information content (AvgIpc) is 2.39. The molecule has 1 aromatic rings. The van der Waals surface area contributed by atoms with Crippen LogP contribution >= 0.6 is 15.9 Å². The van der Waals surface area contributed by atoms with Crippen molar-refractivity contribution in [3.63, 3.8) is 0 Å². The molecule has 2 rings (SSSR count). The SMILES string of the molecule is CC(O)C1CCCCN1S(=O)(=O)c1ccccc1Br. The van der Waals surface area contributed by atoms with Crippen LogP contribution < -0.4 is 0 Å². The first-order valence-corrected chi connectivity index (χ1v) is 8.62. The van der Waals surface area contributed by atoms with Crippen LogP contribution in [0, 0.1) is 0 Å². The van der Waals surface area contributed by atoms with E-state index < -0.39 is 16.1 Å². The molecular formula is C13H18BrNO3S. The number of hydrogen-bond donors (Lipinski definition) is 1. The maximum Gasteiger partial charge on any atom is 0.244 e. The number of benzene rings is 1. The molecule has 0 bridgehead atoms. The van der Waals surface area contributed by atoms with Crippen molar-refractivity contribution in [1.29, 1.82) is 0 Å². The number of halogens is 1. The molecule has 0 spiro atoms. The number of sulfonamides is 1. The number of piperidine rings is 1. The summed E-state index contributed by atoms with van der Waals surface area (Å²) in [7, 11) is -3.56. The zero-order valence-electron chi connectivity index (χ0n) is 10.8. The molecule has 0 aliphatic carbocycles. The summed E-state index contributed by atoms with van der Waals surface area (Å²) in [6.45, 7) is 2.12. The lowest BCUT2D eigenvalue weighted by Crippen LogP contribution is -2.48. The van der Waals surface area contributed by atoms with E-state index in [0.717, 1.165) is 12.8 Å². The molecule has 0 amide bonds. The molecule has 2 unspecified atom stereocenters. The largest absolute Gasteiger partial charge is 0.392 e. The van der Waals surface area contributed by atoms with Crippen molar-refractivity contribution in [2.24, 2.45) is 0 Å². The minimum Gasteiger partial charge on any atom is -0.392 e. The first kappa shape index (κ1) is 15.0. The summed E-state index contributed by atoms with van der Waals surface area (Å²) in [5.74, 6) is 0. The van der Waals surface area contributed by atoms with Crippen LogP contribution in [0.3, 0.4) is 0 Å². The molecule has 4 nitrogen and oxygen atoms in total. The molecule has 0 saturated carbocycles. The van der Waals surface area contributed by atoms with E-state index in [1.807, 2.05) is 0 Å². The molecule has 1 saturated heterocycles. The molecule has 1 aliphatic rings. The van der Waals surface area contributed by atoms with Crippen molar-refractivity contribution >= 4 is 26.0 Å². The van der Waals surface area contributed by atoms with Crippen LogP contribution in [-0.4, -0.2) is 36.5 Å². The molecule has 1 heterocycles. The summed E-state index contributed by atoms with van der Waals surface area (Å²) in [4.78, 5) is 0.266. The zero-order valence-corrected chi connectivity index (χ0v) is 13.2. The second kappa shape index (κ2) is 5.91. The van der Waals surface area contributed by atoms with Crippen LogP contribution in [0.1, 0.15) is 26.2 Å². The van der Waals surface area contributed by atoms with Gasteiger partial charge < -0.3 is 5.11 Å². The Labute approximate surface area is 122 Å². The minimum atomic E-state index is -3.56. The summed E-state index contributed by atoms with van der Waals surface area (Å²) in [5, 5.41) is 9.81. The maximum absolute atomic E-state index is 12.7. The van der Waals surface area contributed by atoms with Crippen molar-refractivity contribution < 1.29 is 13.5 Å². The van der Waals surface area contributed by atoms with Crippen molar-refractivity contribution in [2.45, 2.75) is 43.2 Å². The number of aliphatic hydroxyl groups is 1. The van der Waals surface area contributed by atoms with Crippen LogP contribution in [0.15, 0.2) is 33.6 Å². The minimum absolute atomic E-state index is 0.266. The normalized spacial score (nSPS) is 23.2. The van der Waals surface area contributed by atoms with E-state index in [9.17, 15) is 13.5 Å². The van der Waals surface area contributed by atoms with Gasteiger partial charge in [0.15, 0.2) is 0 Å². The smallest absolute Gasteiger partial charge is 0.244 e. The zero-order chi connectivity index (χ0) is 14.0. The van der Waals surface area contributed by atoms with Gasteiger partial charge in [-0.15, -0.1) is 0 Å². The number of nitrogens with zero attached hydrogens (tertiary/aromatic N) is 1. The second-order valence-corrected chi connectivity index (χ2v) is 7.56. The topological polar surface area (TPSA) is 57.6 Å². The highest BCUT2D eigenvalue weighted by molar-refractivity contribution is 9.10. The lowest BCUT2D eigenvalue weighted by Gasteiger charge is -2.36. The Morgan fingerprint density at radius 2 is 2.05 bits per heavy atom. The van der Waals surface area contributed by atoms with Gasteiger partial charge in [-0.25, -0.2) is 8.42 Å². The second-order valence-electron chi connectivity index (χ2n) is 4.85. The van der Waals surface area contributed by atoms with Gasteiger partial charge in [-0.3, -0.25) is 0 Å². The molecule has 1 aliphatic heterocycles. The van der Waals surface area contributed by atoms with Crippen LogP contribution in [0.2, 0.25) is 0 Å². The summed E-state index contributed by atoms with van der Waals surface area (Å²) < 4.78 is 27.4. The lowest BCUT2D eigenvalue weighted by molar-refractivity contribution is 0.0831. The highest BCUT2D eigenvalue weighted by Gasteiger charge is 2.36. The van der Waals surface area contributed by atoms with Gasteiger partial charge in [0.25, 0.3) is 0 Å². The Morgan fingerprint density at radius 1 is 1.37 bits per heavy atom. The van der Waals surface area contributed by atoms with E-state index in [1.54, 1.807) is 31.2 Å². The molecule has 0 radical (unpaired) electrons. The third-order valence-corrected chi connectivity index (χ3v) is 6.42. The summed E-state index contributed by atoms with van der Waals surface area (Å²) in [6, 6.07) is 6.47. The Balaban J connectivity index is 2.40. The van der Waals surface area contributed by atoms with Gasteiger partial charge in [-0.2, -0.15) is 4.31 Å². The Hall–Kier alpha value is -0.430. The summed E-state index contributed by atoms with van der Waals surface area (Å²) in [5.41, 5.74) is 0. The van der Waals surface area contributed by atoms with Crippen molar-refractivity contribution in [1.82, 2.24) is 4.31 Å². The van der Waals surface area contributed by atoms with E-state index in [1.165, 1.54) is 4.31 Å². The van der Waals surface area contributed by atoms with Gasteiger partial charge in [0.1, 0.15) is 0 Å². The number of rotatable bonds is 3. The van der Waals surface area contributed by atoms with E-state index >= 15 is 0 Å². The monoisotopic (exact) mass is 347 g/mol. The van der Waals surface area contributed by atoms with E-state index in [2.05, 4.69) is 15.9 Å². The Kier molecular flexibility index (Phi) is 4.66. The fourth-order valence-electron chi connectivity index (χ4n) is 2.49. The van der Waals surface area contributed by atoms with Gasteiger partial charge in [0.05, 0.1) is 17.0 Å². The molecule has 19 heavy (non-hydrogen) atoms. The van der Waals surface area contributed by atoms with Gasteiger partial charge in [-0.1, -0.05) is 18.6 Å². The molecule has 106 valence electrons. The summed E-state index contributed by atoms with van der Waals surface area (Å²) >= 11 is 3.29. The van der Waals surface area contributed by atoms with Crippen LogP contribution in [0.5, 0.6) is 0 Å². The summed E-state index contributed by atoms with van der Waals surface area (Å²) in [6.07, 6.45) is 1.85. The highest BCUT2D eigenvalue weighted by atomic mass is 79.9. The third-order valence-electron chi connectivity index (χ3n) is 3.48. The van der Waals surface area contributed by atoms with Crippen molar-refractivity contribution in [3.8, 4) is 0 Å². The van der Waals surface area contributed by atoms with Crippen molar-refractivity contribution in [3.05, 3.63) is 28.7 Å². The predicted molar refractivity (Wildman–Crippen MR) is 77.4 cm³/mol. The maximum atomic E-state index is 12.7. The lowest BCUT2D eigenvalue weighted by atomic mass is 10.0. The van der Waals surface area contributed by atoms with Crippen LogP contribution in [0.25, 0.3) is 0 Å². The Bertz CT molecular complexity index is 545. The van der Waals surface area contributed by atoms with Gasteiger partial charge in [0.2, 0.25) is 10.0 Å². The quantitative estimate of drug-likeness (QED) is 0.913. The molecule has 2 atom stereocenters. The first-order chi connectivity index (χ1) is 8.94. The molecule has 1 N–H and O–H groups in total. The Morgan fingerprint density at radius 3 is 2.68 bits per heavy atom. The molecule has 1 fully saturated rings. The van der Waals surface area contributed by atoms with E-state index in [0.29, 0.717) is 17.4 Å². The third kappa shape index (κ3) is 3.02. The highest BCUT2D eigenvalue weighted by Crippen LogP contribution is 2.30. The standard InChI is InChI=1S/C13H18BrNO3S/c1-10(16)12-7-4-5-9-15(12)19(17,18)13-8-3-2-6-11(13)14/h2-3,6,8,10,12,16H,4-5,7,9H2,1H3. The van der Waals surface area contributed by atoms with Gasteiger partial charge in [-0.05, 0) is 47.8 Å².